The first-order valence-corrected chi connectivity index (χ1v) is 9.57. The Hall–Kier alpha value is -2.21. The van der Waals surface area contributed by atoms with Gasteiger partial charge in [0.15, 0.2) is 0 Å². The van der Waals surface area contributed by atoms with Crippen LogP contribution in [0.5, 0.6) is 0 Å². The fraction of sp³-hybridized carbons (Fsp3) is 0.421. The smallest absolute Gasteiger partial charge is 0.263 e. The van der Waals surface area contributed by atoms with Crippen LogP contribution in [0.25, 0.3) is 0 Å². The summed E-state index contributed by atoms with van der Waals surface area (Å²) in [4.78, 5) is 34.4. The van der Waals surface area contributed by atoms with Crippen LogP contribution < -0.4 is 0 Å². The van der Waals surface area contributed by atoms with Crippen LogP contribution in [0.2, 0.25) is 0 Å². The first-order valence-electron chi connectivity index (χ1n) is 8.69. The molecule has 5 nitrogen and oxygen atoms in total. The fourth-order valence-electron chi connectivity index (χ4n) is 3.99. The summed E-state index contributed by atoms with van der Waals surface area (Å²) in [5, 5.41) is 1.92. The SMILES string of the molecule is O=C(c1cccs1)N1CCC[C@]2(CCN(Cc3ccncc3)C2=O)C1. The zero-order valence-corrected chi connectivity index (χ0v) is 14.9. The first kappa shape index (κ1) is 16.3. The predicted octanol–water partition coefficient (Wildman–Crippen LogP) is 2.80. The van der Waals surface area contributed by atoms with Gasteiger partial charge in [-0.15, -0.1) is 11.3 Å². The number of hydrogen-bond acceptors (Lipinski definition) is 4. The minimum Gasteiger partial charge on any atom is -0.338 e. The number of carbonyl (C=O) groups excluding carboxylic acids is 2. The summed E-state index contributed by atoms with van der Waals surface area (Å²) in [6.07, 6.45) is 6.13. The number of rotatable bonds is 3. The minimum absolute atomic E-state index is 0.0643. The fourth-order valence-corrected chi connectivity index (χ4v) is 4.68. The van der Waals surface area contributed by atoms with E-state index in [9.17, 15) is 9.59 Å². The molecule has 0 saturated carbocycles. The first-order chi connectivity index (χ1) is 12.2. The highest BCUT2D eigenvalue weighted by Gasteiger charge is 2.49. The Morgan fingerprint density at radius 2 is 2.04 bits per heavy atom. The van der Waals surface area contributed by atoms with Gasteiger partial charge in [0, 0.05) is 38.6 Å². The van der Waals surface area contributed by atoms with Gasteiger partial charge in [0.05, 0.1) is 10.3 Å². The summed E-state index contributed by atoms with van der Waals surface area (Å²) < 4.78 is 0. The van der Waals surface area contributed by atoms with E-state index in [1.165, 1.54) is 11.3 Å². The number of nitrogens with zero attached hydrogens (tertiary/aromatic N) is 3. The topological polar surface area (TPSA) is 53.5 Å². The summed E-state index contributed by atoms with van der Waals surface area (Å²) in [6.45, 7) is 2.69. The quantitative estimate of drug-likeness (QED) is 0.851. The summed E-state index contributed by atoms with van der Waals surface area (Å²) in [5.74, 6) is 0.266. The van der Waals surface area contributed by atoms with E-state index in [1.807, 2.05) is 39.4 Å². The van der Waals surface area contributed by atoms with Gasteiger partial charge < -0.3 is 9.80 Å². The van der Waals surface area contributed by atoms with Crippen LogP contribution in [0.1, 0.15) is 34.5 Å². The molecule has 2 saturated heterocycles. The van der Waals surface area contributed by atoms with Gasteiger partial charge in [-0.25, -0.2) is 0 Å². The Morgan fingerprint density at radius 3 is 2.80 bits per heavy atom. The Balaban J connectivity index is 1.48. The molecule has 4 rings (SSSR count). The summed E-state index contributed by atoms with van der Waals surface area (Å²) >= 11 is 1.47. The molecule has 2 aromatic rings. The monoisotopic (exact) mass is 355 g/mol. The molecule has 2 fully saturated rings. The molecule has 6 heteroatoms. The molecule has 0 radical (unpaired) electrons. The Bertz CT molecular complexity index is 762. The van der Waals surface area contributed by atoms with Crippen LogP contribution in [-0.4, -0.2) is 46.2 Å². The lowest BCUT2D eigenvalue weighted by atomic mass is 9.78. The van der Waals surface area contributed by atoms with Gasteiger partial charge >= 0.3 is 0 Å². The Labute approximate surface area is 151 Å². The second kappa shape index (κ2) is 6.59. The van der Waals surface area contributed by atoms with Gasteiger partial charge in [-0.2, -0.15) is 0 Å². The number of pyridine rings is 1. The molecular formula is C19H21N3O2S. The predicted molar refractivity (Wildman–Crippen MR) is 96.2 cm³/mol. The van der Waals surface area contributed by atoms with Crippen molar-refractivity contribution in [1.82, 2.24) is 14.8 Å². The van der Waals surface area contributed by atoms with Crippen molar-refractivity contribution in [2.75, 3.05) is 19.6 Å². The lowest BCUT2D eigenvalue weighted by molar-refractivity contribution is -0.138. The maximum atomic E-state index is 13.1. The van der Waals surface area contributed by atoms with E-state index in [0.717, 1.165) is 42.8 Å². The van der Waals surface area contributed by atoms with Gasteiger partial charge in [-0.1, -0.05) is 6.07 Å². The number of likely N-dealkylation sites (tertiary alicyclic amines) is 2. The zero-order chi connectivity index (χ0) is 17.3. The van der Waals surface area contributed by atoms with Crippen molar-refractivity contribution in [2.24, 2.45) is 5.41 Å². The van der Waals surface area contributed by atoms with Crippen molar-refractivity contribution in [3.05, 3.63) is 52.5 Å². The largest absolute Gasteiger partial charge is 0.338 e. The van der Waals surface area contributed by atoms with Crippen molar-refractivity contribution in [1.29, 1.82) is 0 Å². The van der Waals surface area contributed by atoms with E-state index in [4.69, 9.17) is 0 Å². The minimum atomic E-state index is -0.391. The van der Waals surface area contributed by atoms with Gasteiger partial charge in [-0.05, 0) is 48.4 Å². The van der Waals surface area contributed by atoms with Gasteiger partial charge in [-0.3, -0.25) is 14.6 Å². The Kier molecular flexibility index (Phi) is 4.29. The summed E-state index contributed by atoms with van der Waals surface area (Å²) in [5.41, 5.74) is 0.709. The normalized spacial score (nSPS) is 23.4. The van der Waals surface area contributed by atoms with Gasteiger partial charge in [0.2, 0.25) is 5.91 Å². The zero-order valence-electron chi connectivity index (χ0n) is 14.1. The molecule has 130 valence electrons. The van der Waals surface area contributed by atoms with Crippen LogP contribution in [0.4, 0.5) is 0 Å². The van der Waals surface area contributed by atoms with E-state index in [-0.39, 0.29) is 11.8 Å². The molecule has 0 N–H and O–H groups in total. The highest BCUT2D eigenvalue weighted by atomic mass is 32.1. The maximum Gasteiger partial charge on any atom is 0.263 e. The van der Waals surface area contributed by atoms with Gasteiger partial charge in [0.1, 0.15) is 0 Å². The molecule has 1 atom stereocenters. The third-order valence-electron chi connectivity index (χ3n) is 5.32. The molecule has 2 amide bonds. The molecule has 2 aromatic heterocycles. The van der Waals surface area contributed by atoms with Crippen LogP contribution >= 0.6 is 11.3 Å². The van der Waals surface area contributed by atoms with Crippen molar-refractivity contribution < 1.29 is 9.59 Å². The van der Waals surface area contributed by atoms with Crippen molar-refractivity contribution in [3.63, 3.8) is 0 Å². The number of hydrogen-bond donors (Lipinski definition) is 0. The molecule has 2 aliphatic rings. The van der Waals surface area contributed by atoms with Crippen LogP contribution in [-0.2, 0) is 11.3 Å². The van der Waals surface area contributed by atoms with Crippen molar-refractivity contribution in [3.8, 4) is 0 Å². The second-order valence-corrected chi connectivity index (χ2v) is 7.87. The summed E-state index contributed by atoms with van der Waals surface area (Å²) in [6, 6.07) is 7.66. The van der Waals surface area contributed by atoms with Crippen LogP contribution in [0.15, 0.2) is 42.0 Å². The van der Waals surface area contributed by atoms with E-state index in [0.29, 0.717) is 13.1 Å². The lowest BCUT2D eigenvalue weighted by Gasteiger charge is -2.38. The molecule has 0 bridgehead atoms. The molecule has 0 aliphatic carbocycles. The Morgan fingerprint density at radius 1 is 1.20 bits per heavy atom. The lowest BCUT2D eigenvalue weighted by Crippen LogP contribution is -2.49. The molecular weight excluding hydrogens is 334 g/mol. The molecule has 1 spiro atoms. The average molecular weight is 355 g/mol. The number of carbonyl (C=O) groups is 2. The van der Waals surface area contributed by atoms with E-state index in [1.54, 1.807) is 12.4 Å². The number of thiophene rings is 1. The van der Waals surface area contributed by atoms with Crippen molar-refractivity contribution >= 4 is 23.2 Å². The van der Waals surface area contributed by atoms with Crippen molar-refractivity contribution in [2.45, 2.75) is 25.8 Å². The molecule has 4 heterocycles. The van der Waals surface area contributed by atoms with Crippen LogP contribution in [0, 0.1) is 5.41 Å². The van der Waals surface area contributed by atoms with E-state index < -0.39 is 5.41 Å². The third kappa shape index (κ3) is 3.06. The molecule has 25 heavy (non-hydrogen) atoms. The second-order valence-electron chi connectivity index (χ2n) is 6.92. The number of piperidine rings is 1. The standard InChI is InChI=1S/C19H21N3O2S/c23-17(16-3-1-12-25-16)22-10-2-6-19(14-22)7-11-21(18(19)24)13-15-4-8-20-9-5-15/h1,3-5,8-9,12H,2,6-7,10-11,13-14H2/t19-/m0/s1. The van der Waals surface area contributed by atoms with Crippen LogP contribution in [0.3, 0.4) is 0 Å². The molecule has 0 aromatic carbocycles. The van der Waals surface area contributed by atoms with Gasteiger partial charge in [0.25, 0.3) is 5.91 Å². The van der Waals surface area contributed by atoms with E-state index in [2.05, 4.69) is 4.98 Å². The van der Waals surface area contributed by atoms with E-state index >= 15 is 0 Å². The number of aromatic nitrogens is 1. The molecule has 2 aliphatic heterocycles. The highest BCUT2D eigenvalue weighted by molar-refractivity contribution is 7.12. The maximum absolute atomic E-state index is 13.1. The molecule has 0 unspecified atom stereocenters. The third-order valence-corrected chi connectivity index (χ3v) is 6.18. The average Bonchev–Trinajstić information content (AvgIpc) is 3.28. The highest BCUT2D eigenvalue weighted by Crippen LogP contribution is 2.41. The summed E-state index contributed by atoms with van der Waals surface area (Å²) in [7, 11) is 0. The number of amides is 2.